The number of rotatable bonds is 10. The van der Waals surface area contributed by atoms with E-state index >= 15 is 0 Å². The Morgan fingerprint density at radius 2 is 1.81 bits per heavy atom. The van der Waals surface area contributed by atoms with Gasteiger partial charge >= 0.3 is 0 Å². The van der Waals surface area contributed by atoms with Crippen LogP contribution in [0, 0.1) is 13.8 Å². The number of hydrogen-bond acceptors (Lipinski definition) is 4. The minimum Gasteiger partial charge on any atom is -0.375 e. The lowest BCUT2D eigenvalue weighted by Crippen LogP contribution is -2.16. The minimum atomic E-state index is -2.42. The number of ether oxygens (including phenoxy) is 1. The zero-order chi connectivity index (χ0) is 15.7. The van der Waals surface area contributed by atoms with Crippen LogP contribution in [-0.2, 0) is 17.6 Å². The third kappa shape index (κ3) is 6.91. The fourth-order valence-corrected chi connectivity index (χ4v) is 2.19. The van der Waals surface area contributed by atoms with Gasteiger partial charge in [-0.15, -0.1) is 0 Å². The van der Waals surface area contributed by atoms with Gasteiger partial charge in [-0.05, 0) is 45.3 Å². The molecule has 0 aliphatic rings. The lowest BCUT2D eigenvalue weighted by molar-refractivity contribution is 0.0182. The number of halogens is 2. The highest BCUT2D eigenvalue weighted by Crippen LogP contribution is 2.13. The van der Waals surface area contributed by atoms with Crippen LogP contribution < -0.4 is 5.32 Å². The summed E-state index contributed by atoms with van der Waals surface area (Å²) in [4.78, 5) is 8.90. The first-order valence-corrected chi connectivity index (χ1v) is 7.44. The summed E-state index contributed by atoms with van der Waals surface area (Å²) >= 11 is 0. The average molecular weight is 301 g/mol. The largest absolute Gasteiger partial charge is 0.375 e. The second-order valence-corrected chi connectivity index (χ2v) is 4.96. The van der Waals surface area contributed by atoms with Gasteiger partial charge in [0.2, 0.25) is 0 Å². The van der Waals surface area contributed by atoms with Crippen LogP contribution in [0.25, 0.3) is 0 Å². The fraction of sp³-hybridized carbons (Fsp3) is 0.733. The van der Waals surface area contributed by atoms with Crippen molar-refractivity contribution in [2.45, 2.75) is 46.5 Å². The van der Waals surface area contributed by atoms with Crippen LogP contribution in [0.3, 0.4) is 0 Å². The Kier molecular flexibility index (Phi) is 8.30. The number of nitrogens with zero attached hydrogens (tertiary/aromatic N) is 2. The Morgan fingerprint density at radius 3 is 2.38 bits per heavy atom. The number of hydrogen-bond donors (Lipinski definition) is 1. The summed E-state index contributed by atoms with van der Waals surface area (Å²) in [6.07, 6.45) is 0.0442. The van der Waals surface area contributed by atoms with E-state index in [-0.39, 0.29) is 6.61 Å². The zero-order valence-corrected chi connectivity index (χ0v) is 13.1. The van der Waals surface area contributed by atoms with Crippen molar-refractivity contribution in [3.8, 4) is 0 Å². The Hall–Kier alpha value is -1.14. The van der Waals surface area contributed by atoms with Gasteiger partial charge in [0, 0.05) is 17.8 Å². The highest BCUT2D eigenvalue weighted by Gasteiger charge is 2.09. The zero-order valence-electron chi connectivity index (χ0n) is 13.1. The van der Waals surface area contributed by atoms with E-state index in [1.807, 2.05) is 13.8 Å². The molecule has 120 valence electrons. The topological polar surface area (TPSA) is 47.0 Å². The molecule has 0 spiro atoms. The van der Waals surface area contributed by atoms with Crippen LogP contribution >= 0.6 is 0 Å². The summed E-state index contributed by atoms with van der Waals surface area (Å²) in [5.41, 5.74) is 3.14. The minimum absolute atomic E-state index is 0.225. The summed E-state index contributed by atoms with van der Waals surface area (Å²) in [7, 11) is 0. The molecule has 0 atom stereocenters. The maximum absolute atomic E-state index is 12.0. The van der Waals surface area contributed by atoms with Crippen molar-refractivity contribution in [1.82, 2.24) is 15.3 Å². The second kappa shape index (κ2) is 9.73. The standard InChI is InChI=1S/C15H25F2N3O/c1-4-18-8-5-6-13-11(2)19-15(20-12(13)3)7-9-21-10-14(16)17/h14,18H,4-10H2,1-3H3. The third-order valence-corrected chi connectivity index (χ3v) is 3.21. The molecule has 4 nitrogen and oxygen atoms in total. The molecule has 1 heterocycles. The van der Waals surface area contributed by atoms with Crippen molar-refractivity contribution < 1.29 is 13.5 Å². The summed E-state index contributed by atoms with van der Waals surface area (Å²) < 4.78 is 28.8. The molecule has 0 bridgehead atoms. The predicted octanol–water partition coefficient (Wildman–Crippen LogP) is 2.46. The highest BCUT2D eigenvalue weighted by atomic mass is 19.3. The first-order chi connectivity index (χ1) is 10.0. The van der Waals surface area contributed by atoms with Gasteiger partial charge in [-0.2, -0.15) is 0 Å². The van der Waals surface area contributed by atoms with Gasteiger partial charge in [0.1, 0.15) is 12.4 Å². The Balaban J connectivity index is 2.50. The molecule has 0 aliphatic carbocycles. The molecule has 1 aromatic rings. The van der Waals surface area contributed by atoms with Gasteiger partial charge in [-0.3, -0.25) is 0 Å². The van der Waals surface area contributed by atoms with Crippen LogP contribution in [0.2, 0.25) is 0 Å². The van der Waals surface area contributed by atoms with Crippen LogP contribution in [0.15, 0.2) is 0 Å². The maximum Gasteiger partial charge on any atom is 0.261 e. The Labute approximate surface area is 125 Å². The smallest absolute Gasteiger partial charge is 0.261 e. The Bertz CT molecular complexity index is 404. The molecule has 6 heteroatoms. The molecule has 0 aliphatic heterocycles. The molecule has 1 aromatic heterocycles. The van der Waals surface area contributed by atoms with Crippen LogP contribution in [0.5, 0.6) is 0 Å². The summed E-state index contributed by atoms with van der Waals surface area (Å²) in [6.45, 7) is 7.69. The molecule has 1 N–H and O–H groups in total. The van der Waals surface area contributed by atoms with Gasteiger partial charge in [0.15, 0.2) is 0 Å². The van der Waals surface area contributed by atoms with Gasteiger partial charge in [-0.1, -0.05) is 6.92 Å². The fourth-order valence-electron chi connectivity index (χ4n) is 2.19. The van der Waals surface area contributed by atoms with Crippen LogP contribution in [-0.4, -0.2) is 42.7 Å². The Morgan fingerprint density at radius 1 is 1.14 bits per heavy atom. The molecule has 0 unspecified atom stereocenters. The van der Waals surface area contributed by atoms with Crippen molar-refractivity contribution >= 4 is 0 Å². The third-order valence-electron chi connectivity index (χ3n) is 3.21. The van der Waals surface area contributed by atoms with E-state index in [4.69, 9.17) is 4.74 Å². The van der Waals surface area contributed by atoms with Gasteiger partial charge in [0.25, 0.3) is 6.43 Å². The van der Waals surface area contributed by atoms with Crippen molar-refractivity contribution in [1.29, 1.82) is 0 Å². The molecule has 0 aromatic carbocycles. The van der Waals surface area contributed by atoms with E-state index in [0.717, 1.165) is 37.3 Å². The van der Waals surface area contributed by atoms with Gasteiger partial charge in [-0.25, -0.2) is 18.7 Å². The molecular formula is C15H25F2N3O. The predicted molar refractivity (Wildman–Crippen MR) is 78.9 cm³/mol. The monoisotopic (exact) mass is 301 g/mol. The normalized spacial score (nSPS) is 11.3. The average Bonchev–Trinajstić information content (AvgIpc) is 2.42. The van der Waals surface area contributed by atoms with E-state index in [2.05, 4.69) is 22.2 Å². The number of aryl methyl sites for hydroxylation is 2. The SMILES string of the molecule is CCNCCCc1c(C)nc(CCOCC(F)F)nc1C. The van der Waals surface area contributed by atoms with Crippen molar-refractivity contribution in [2.75, 3.05) is 26.3 Å². The first kappa shape index (κ1) is 17.9. The van der Waals surface area contributed by atoms with Gasteiger partial charge < -0.3 is 10.1 Å². The number of nitrogens with one attached hydrogen (secondary N) is 1. The maximum atomic E-state index is 12.0. The summed E-state index contributed by atoms with van der Waals surface area (Å²) in [5, 5.41) is 3.29. The van der Waals surface area contributed by atoms with Crippen LogP contribution in [0.4, 0.5) is 8.78 Å². The number of alkyl halides is 2. The van der Waals surface area contributed by atoms with Crippen molar-refractivity contribution in [2.24, 2.45) is 0 Å². The molecule has 0 fully saturated rings. The van der Waals surface area contributed by atoms with E-state index in [9.17, 15) is 8.78 Å². The van der Waals surface area contributed by atoms with Crippen molar-refractivity contribution in [3.05, 3.63) is 22.8 Å². The summed E-state index contributed by atoms with van der Waals surface area (Å²) in [5.74, 6) is 0.662. The molecule has 0 radical (unpaired) electrons. The van der Waals surface area contributed by atoms with Gasteiger partial charge in [0.05, 0.1) is 6.61 Å². The lowest BCUT2D eigenvalue weighted by atomic mass is 10.1. The van der Waals surface area contributed by atoms with E-state index in [0.29, 0.717) is 12.2 Å². The number of aromatic nitrogens is 2. The molecule has 0 amide bonds. The lowest BCUT2D eigenvalue weighted by Gasteiger charge is -2.11. The summed E-state index contributed by atoms with van der Waals surface area (Å²) in [6, 6.07) is 0. The van der Waals surface area contributed by atoms with E-state index in [1.165, 1.54) is 5.56 Å². The highest BCUT2D eigenvalue weighted by molar-refractivity contribution is 5.24. The van der Waals surface area contributed by atoms with E-state index in [1.54, 1.807) is 0 Å². The van der Waals surface area contributed by atoms with Crippen LogP contribution in [0.1, 0.15) is 36.1 Å². The quantitative estimate of drug-likeness (QED) is 0.674. The molecule has 1 rings (SSSR count). The molecule has 0 saturated heterocycles. The van der Waals surface area contributed by atoms with Crippen molar-refractivity contribution in [3.63, 3.8) is 0 Å². The second-order valence-electron chi connectivity index (χ2n) is 4.96. The molecule has 0 saturated carbocycles. The van der Waals surface area contributed by atoms with E-state index < -0.39 is 13.0 Å². The molecular weight excluding hydrogens is 276 g/mol. The first-order valence-electron chi connectivity index (χ1n) is 7.44. The molecule has 21 heavy (non-hydrogen) atoms.